The van der Waals surface area contributed by atoms with Crippen molar-refractivity contribution in [3.8, 4) is 0 Å². The second-order valence-electron chi connectivity index (χ2n) is 1.55. The van der Waals surface area contributed by atoms with E-state index in [1.54, 1.807) is 0 Å². The molecule has 1 radical (unpaired) electrons. The maximum Gasteiger partial charge on any atom is 0.0530 e. The molecule has 0 spiro atoms. The Bertz CT molecular complexity index is 212. The first kappa shape index (κ1) is 18.1. The lowest BCUT2D eigenvalue weighted by atomic mass is 10.4. The van der Waals surface area contributed by atoms with E-state index < -0.39 is 0 Å². The van der Waals surface area contributed by atoms with Gasteiger partial charge in [0.25, 0.3) is 0 Å². The van der Waals surface area contributed by atoms with Crippen molar-refractivity contribution in [2.45, 2.75) is 4.90 Å². The molecule has 0 N–H and O–H groups in total. The summed E-state index contributed by atoms with van der Waals surface area (Å²) in [7, 11) is 0. The van der Waals surface area contributed by atoms with E-state index in [1.165, 1.54) is 0 Å². The highest BCUT2D eigenvalue weighted by atomic mass is 79.9. The van der Waals surface area contributed by atoms with Gasteiger partial charge in [-0.25, -0.2) is 0 Å². The van der Waals surface area contributed by atoms with Crippen LogP contribution in [-0.2, 0) is 0 Å². The van der Waals surface area contributed by atoms with Crippen molar-refractivity contribution in [3.63, 3.8) is 0 Å². The standard InChI is InChI=1S/C6H3Br2S.3FH/c7-4-2-1-3-5(9)6(4)8;;;/h1-3H;3*1H. The third-order valence-electron chi connectivity index (χ3n) is 0.916. The minimum atomic E-state index is 0. The molecule has 0 bridgehead atoms. The van der Waals surface area contributed by atoms with Gasteiger partial charge in [0.1, 0.15) is 0 Å². The number of benzene rings is 1. The molecule has 1 aromatic rings. The summed E-state index contributed by atoms with van der Waals surface area (Å²) in [4.78, 5) is 0.837. The topological polar surface area (TPSA) is 0 Å². The average Bonchev–Trinajstić information content (AvgIpc) is 1.83. The lowest BCUT2D eigenvalue weighted by Gasteiger charge is -1.95. The minimum absolute atomic E-state index is 0. The molecule has 6 heteroatoms. The monoisotopic (exact) mass is 325 g/mol. The molecule has 0 aliphatic rings. The van der Waals surface area contributed by atoms with Crippen molar-refractivity contribution < 1.29 is 14.1 Å². The maximum absolute atomic E-state index is 4.96. The van der Waals surface area contributed by atoms with Crippen LogP contribution in [0.1, 0.15) is 0 Å². The van der Waals surface area contributed by atoms with Crippen LogP contribution in [0.5, 0.6) is 0 Å². The Labute approximate surface area is 90.5 Å². The van der Waals surface area contributed by atoms with E-state index in [-0.39, 0.29) is 14.1 Å². The summed E-state index contributed by atoms with van der Waals surface area (Å²) in [6.07, 6.45) is 0. The van der Waals surface area contributed by atoms with Crippen LogP contribution in [-0.4, -0.2) is 0 Å². The zero-order chi connectivity index (χ0) is 6.85. The molecule has 0 nitrogen and oxygen atoms in total. The molecule has 0 saturated carbocycles. The normalized spacial score (nSPS) is 7.17. The van der Waals surface area contributed by atoms with Crippen LogP contribution in [0.25, 0.3) is 0 Å². The summed E-state index contributed by atoms with van der Waals surface area (Å²) in [5.74, 6) is 0. The van der Waals surface area contributed by atoms with Crippen LogP contribution in [0.2, 0.25) is 0 Å². The van der Waals surface area contributed by atoms with Crippen LogP contribution >= 0.6 is 44.5 Å². The summed E-state index contributed by atoms with van der Waals surface area (Å²) in [5.41, 5.74) is 0. The van der Waals surface area contributed by atoms with Crippen molar-refractivity contribution in [1.29, 1.82) is 0 Å². The average molecular weight is 327 g/mol. The lowest BCUT2D eigenvalue weighted by Crippen LogP contribution is -1.69. The van der Waals surface area contributed by atoms with Crippen molar-refractivity contribution >= 4 is 44.5 Å². The van der Waals surface area contributed by atoms with Crippen LogP contribution in [0, 0.1) is 0 Å². The van der Waals surface area contributed by atoms with Gasteiger partial charge in [0.05, 0.1) is 4.90 Å². The van der Waals surface area contributed by atoms with Crippen molar-refractivity contribution in [1.82, 2.24) is 0 Å². The first-order valence-electron chi connectivity index (χ1n) is 2.33. The van der Waals surface area contributed by atoms with E-state index in [0.29, 0.717) is 0 Å². The van der Waals surface area contributed by atoms with Gasteiger partial charge in [0, 0.05) is 8.95 Å². The molecule has 0 heterocycles. The fraction of sp³-hybridized carbons (Fsp3) is 0. The van der Waals surface area contributed by atoms with Crippen LogP contribution in [0.4, 0.5) is 14.1 Å². The van der Waals surface area contributed by atoms with Gasteiger partial charge in [-0.1, -0.05) is 18.7 Å². The summed E-state index contributed by atoms with van der Waals surface area (Å²) >= 11 is 11.6. The molecular weight excluding hydrogens is 321 g/mol. The number of hydrogen-bond donors (Lipinski definition) is 0. The van der Waals surface area contributed by atoms with Gasteiger partial charge in [-0.15, -0.1) is 0 Å². The molecule has 0 fully saturated rings. The lowest BCUT2D eigenvalue weighted by molar-refractivity contribution is 1.11. The fourth-order valence-electron chi connectivity index (χ4n) is 0.484. The Morgan fingerprint density at radius 1 is 1.00 bits per heavy atom. The molecule has 0 aliphatic carbocycles. The molecule has 1 rings (SSSR count). The smallest absolute Gasteiger partial charge is 0.0530 e. The predicted octanol–water partition coefficient (Wildman–Crippen LogP) is 4.23. The highest BCUT2D eigenvalue weighted by Gasteiger charge is 1.97. The zero-order valence-electron chi connectivity index (χ0n) is 5.62. The molecule has 1 aromatic carbocycles. The van der Waals surface area contributed by atoms with Crippen molar-refractivity contribution in [3.05, 3.63) is 27.1 Å². The van der Waals surface area contributed by atoms with Gasteiger partial charge in [-0.3, -0.25) is 14.1 Å². The summed E-state index contributed by atoms with van der Waals surface area (Å²) in [6, 6.07) is 5.74. The molecule has 12 heavy (non-hydrogen) atoms. The Balaban J connectivity index is -0.000000270. The molecule has 0 aromatic heterocycles. The molecular formula is C6H6Br2F3S. The van der Waals surface area contributed by atoms with Gasteiger partial charge in [-0.05, 0) is 44.0 Å². The minimum Gasteiger partial charge on any atom is -0.269 e. The first-order chi connectivity index (χ1) is 4.22. The first-order valence-corrected chi connectivity index (χ1v) is 4.32. The third kappa shape index (κ3) is 4.27. The molecule has 0 unspecified atom stereocenters. The molecule has 0 atom stereocenters. The number of halogens is 5. The largest absolute Gasteiger partial charge is 0.269 e. The molecule has 0 saturated heterocycles. The van der Waals surface area contributed by atoms with E-state index in [9.17, 15) is 0 Å². The number of hydrogen-bond acceptors (Lipinski definition) is 0. The Morgan fingerprint density at radius 3 is 1.83 bits per heavy atom. The second-order valence-corrected chi connectivity index (χ2v) is 3.64. The summed E-state index contributed by atoms with van der Waals surface area (Å²) in [6.45, 7) is 0. The van der Waals surface area contributed by atoms with E-state index in [2.05, 4.69) is 31.9 Å². The third-order valence-corrected chi connectivity index (χ3v) is 3.57. The van der Waals surface area contributed by atoms with Crippen LogP contribution in [0.15, 0.2) is 32.0 Å². The second kappa shape index (κ2) is 7.82. The maximum atomic E-state index is 4.96. The van der Waals surface area contributed by atoms with Crippen LogP contribution < -0.4 is 0 Å². The van der Waals surface area contributed by atoms with Crippen molar-refractivity contribution in [2.75, 3.05) is 0 Å². The molecule has 0 aliphatic heterocycles. The van der Waals surface area contributed by atoms with Gasteiger partial charge < -0.3 is 0 Å². The van der Waals surface area contributed by atoms with Crippen molar-refractivity contribution in [2.24, 2.45) is 0 Å². The van der Waals surface area contributed by atoms with E-state index in [1.807, 2.05) is 18.2 Å². The van der Waals surface area contributed by atoms with Gasteiger partial charge in [0.2, 0.25) is 0 Å². The van der Waals surface area contributed by atoms with Gasteiger partial charge >= 0.3 is 0 Å². The zero-order valence-corrected chi connectivity index (χ0v) is 9.61. The van der Waals surface area contributed by atoms with E-state index in [0.717, 1.165) is 13.8 Å². The Morgan fingerprint density at radius 2 is 1.50 bits per heavy atom. The highest BCUT2D eigenvalue weighted by Crippen LogP contribution is 2.28. The predicted molar refractivity (Wildman–Crippen MR) is 55.2 cm³/mol. The highest BCUT2D eigenvalue weighted by molar-refractivity contribution is 9.13. The fourth-order valence-corrected chi connectivity index (χ4v) is 1.43. The van der Waals surface area contributed by atoms with E-state index >= 15 is 0 Å². The quantitative estimate of drug-likeness (QED) is 0.669. The van der Waals surface area contributed by atoms with E-state index in [4.69, 9.17) is 12.6 Å². The molecule has 0 amide bonds. The van der Waals surface area contributed by atoms with Gasteiger partial charge in [-0.2, -0.15) is 0 Å². The molecule has 71 valence electrons. The Kier molecular flexibility index (Phi) is 11.8. The number of rotatable bonds is 0. The van der Waals surface area contributed by atoms with Gasteiger partial charge in [0.15, 0.2) is 0 Å². The summed E-state index contributed by atoms with van der Waals surface area (Å²) in [5, 5.41) is 0. The SMILES string of the molecule is F.F.F.[S]c1cccc(Br)c1Br. The summed E-state index contributed by atoms with van der Waals surface area (Å²) < 4.78 is 1.97. The van der Waals surface area contributed by atoms with Crippen LogP contribution in [0.3, 0.4) is 0 Å². The Hall–Kier alpha value is 0.190.